The smallest absolute Gasteiger partial charge is 0.108 e. The molecule has 0 spiro atoms. The standard InChI is InChI=1S/C6H6O.C6H4/c1-3-5-7-6-4-2;1-2-6-4-3-5(1)6/h1-2H,5-6H2;1-4H. The number of hydrogen-bond acceptors (Lipinski definition) is 1. The van der Waals surface area contributed by atoms with Crippen LogP contribution in [0.5, 0.6) is 0 Å². The van der Waals surface area contributed by atoms with Crippen LogP contribution < -0.4 is 0 Å². The molecule has 0 heterocycles. The van der Waals surface area contributed by atoms with Crippen LogP contribution in [-0.2, 0) is 4.74 Å². The molecule has 0 aromatic rings. The van der Waals surface area contributed by atoms with Crippen LogP contribution in [0.1, 0.15) is 0 Å². The summed E-state index contributed by atoms with van der Waals surface area (Å²) in [5.41, 5.74) is 2.85. The van der Waals surface area contributed by atoms with Crippen LogP contribution in [0.25, 0.3) is 11.1 Å². The third-order valence-electron chi connectivity index (χ3n) is 1.59. The van der Waals surface area contributed by atoms with Crippen molar-refractivity contribution in [3.05, 3.63) is 24.3 Å². The van der Waals surface area contributed by atoms with Gasteiger partial charge in [0.25, 0.3) is 0 Å². The van der Waals surface area contributed by atoms with Gasteiger partial charge in [0.05, 0.1) is 0 Å². The van der Waals surface area contributed by atoms with E-state index >= 15 is 0 Å². The molecular formula is C12H10O. The molecule has 0 fully saturated rings. The maximum absolute atomic E-state index is 4.83. The summed E-state index contributed by atoms with van der Waals surface area (Å²) in [6, 6.07) is 8.48. The van der Waals surface area contributed by atoms with E-state index in [-0.39, 0.29) is 0 Å². The van der Waals surface area contributed by atoms with E-state index < -0.39 is 0 Å². The minimum atomic E-state index is 0.310. The SMILES string of the molecule is C#CCOCC#C.c1cc2ccc1-2. The van der Waals surface area contributed by atoms with E-state index in [0.717, 1.165) is 0 Å². The number of hydrogen-bond donors (Lipinski definition) is 0. The Balaban J connectivity index is 0.000000130. The Bertz CT molecular complexity index is 300. The van der Waals surface area contributed by atoms with Gasteiger partial charge in [0.1, 0.15) is 13.2 Å². The van der Waals surface area contributed by atoms with Crippen LogP contribution in [0.4, 0.5) is 0 Å². The Morgan fingerprint density at radius 1 is 0.923 bits per heavy atom. The summed E-state index contributed by atoms with van der Waals surface area (Å²) in [5, 5.41) is 0. The van der Waals surface area contributed by atoms with E-state index in [9.17, 15) is 0 Å². The largest absolute Gasteiger partial charge is 0.356 e. The molecule has 2 aliphatic rings. The van der Waals surface area contributed by atoms with Gasteiger partial charge < -0.3 is 4.74 Å². The molecular weight excluding hydrogens is 160 g/mol. The molecule has 0 saturated heterocycles. The van der Waals surface area contributed by atoms with Crippen molar-refractivity contribution in [1.29, 1.82) is 0 Å². The third-order valence-corrected chi connectivity index (χ3v) is 1.59. The van der Waals surface area contributed by atoms with Crippen LogP contribution in [0.3, 0.4) is 0 Å². The summed E-state index contributed by atoms with van der Waals surface area (Å²) in [6.45, 7) is 0.619. The molecule has 0 radical (unpaired) electrons. The van der Waals surface area contributed by atoms with E-state index in [1.54, 1.807) is 0 Å². The van der Waals surface area contributed by atoms with Crippen molar-refractivity contribution in [1.82, 2.24) is 0 Å². The third kappa shape index (κ3) is 2.67. The fourth-order valence-electron chi connectivity index (χ4n) is 0.832. The van der Waals surface area contributed by atoms with Gasteiger partial charge in [-0.2, -0.15) is 0 Å². The van der Waals surface area contributed by atoms with Crippen molar-refractivity contribution in [3.8, 4) is 35.8 Å². The first-order chi connectivity index (χ1) is 6.38. The normalized spacial score (nSPS) is 8.77. The van der Waals surface area contributed by atoms with Crippen LogP contribution in [0, 0.1) is 24.7 Å². The maximum atomic E-state index is 4.83. The Labute approximate surface area is 78.7 Å². The first kappa shape index (κ1) is 9.39. The Morgan fingerprint density at radius 2 is 1.31 bits per heavy atom. The molecule has 0 unspecified atom stereocenters. The molecule has 13 heavy (non-hydrogen) atoms. The van der Waals surface area contributed by atoms with Gasteiger partial charge in [-0.1, -0.05) is 36.1 Å². The zero-order valence-electron chi connectivity index (χ0n) is 7.29. The highest BCUT2D eigenvalue weighted by Gasteiger charge is 2.03. The van der Waals surface area contributed by atoms with Gasteiger partial charge in [0, 0.05) is 0 Å². The fourth-order valence-corrected chi connectivity index (χ4v) is 0.832. The Hall–Kier alpha value is -1.70. The minimum absolute atomic E-state index is 0.310. The molecule has 64 valence electrons. The second-order valence-corrected chi connectivity index (χ2v) is 2.48. The number of benzene rings is 1. The quantitative estimate of drug-likeness (QED) is 0.494. The second kappa shape index (κ2) is 5.04. The van der Waals surface area contributed by atoms with Gasteiger partial charge in [-0.3, -0.25) is 0 Å². The predicted molar refractivity (Wildman–Crippen MR) is 53.9 cm³/mol. The van der Waals surface area contributed by atoms with Crippen LogP contribution in [0.2, 0.25) is 0 Å². The molecule has 2 aliphatic carbocycles. The van der Waals surface area contributed by atoms with Crippen molar-refractivity contribution < 1.29 is 4.74 Å². The van der Waals surface area contributed by atoms with E-state index in [1.807, 2.05) is 0 Å². The summed E-state index contributed by atoms with van der Waals surface area (Å²) >= 11 is 0. The van der Waals surface area contributed by atoms with Crippen molar-refractivity contribution >= 4 is 0 Å². The van der Waals surface area contributed by atoms with Gasteiger partial charge in [0.2, 0.25) is 0 Å². The summed E-state index contributed by atoms with van der Waals surface area (Å²) in [4.78, 5) is 0. The molecule has 2 rings (SSSR count). The summed E-state index contributed by atoms with van der Waals surface area (Å²) < 4.78 is 4.66. The van der Waals surface area contributed by atoms with Gasteiger partial charge >= 0.3 is 0 Å². The summed E-state index contributed by atoms with van der Waals surface area (Å²) in [7, 11) is 0. The first-order valence-corrected chi connectivity index (χ1v) is 3.93. The van der Waals surface area contributed by atoms with Crippen LogP contribution in [-0.4, -0.2) is 13.2 Å². The van der Waals surface area contributed by atoms with E-state index in [0.29, 0.717) is 13.2 Å². The van der Waals surface area contributed by atoms with E-state index in [2.05, 4.69) is 40.8 Å². The lowest BCUT2D eigenvalue weighted by Gasteiger charge is -2.10. The van der Waals surface area contributed by atoms with Crippen molar-refractivity contribution in [2.45, 2.75) is 0 Å². The molecule has 0 amide bonds. The highest BCUT2D eigenvalue weighted by Crippen LogP contribution is 2.29. The van der Waals surface area contributed by atoms with Crippen molar-refractivity contribution in [3.63, 3.8) is 0 Å². The predicted octanol–water partition coefficient (Wildman–Crippen LogP) is 1.94. The Kier molecular flexibility index (Phi) is 3.64. The number of rotatable bonds is 2. The fraction of sp³-hybridized carbons (Fsp3) is 0.167. The molecule has 0 aromatic heterocycles. The minimum Gasteiger partial charge on any atom is -0.356 e. The zero-order chi connectivity index (χ0) is 9.52. The molecule has 0 aliphatic heterocycles. The average molecular weight is 170 g/mol. The molecule has 1 heteroatoms. The molecule has 1 nitrogen and oxygen atoms in total. The first-order valence-electron chi connectivity index (χ1n) is 3.93. The molecule has 0 saturated carbocycles. The van der Waals surface area contributed by atoms with E-state index in [4.69, 9.17) is 12.8 Å². The lowest BCUT2D eigenvalue weighted by molar-refractivity contribution is 0.205. The van der Waals surface area contributed by atoms with E-state index in [1.165, 1.54) is 11.1 Å². The van der Waals surface area contributed by atoms with Crippen LogP contribution >= 0.6 is 0 Å². The number of terminal acetylenes is 2. The lowest BCUT2D eigenvalue weighted by Crippen LogP contribution is -1.89. The summed E-state index contributed by atoms with van der Waals surface area (Å²) in [6.07, 6.45) is 9.65. The highest BCUT2D eigenvalue weighted by atomic mass is 16.5. The topological polar surface area (TPSA) is 9.23 Å². The van der Waals surface area contributed by atoms with Gasteiger partial charge in [0.15, 0.2) is 0 Å². The molecule has 0 N–H and O–H groups in total. The molecule has 0 bridgehead atoms. The zero-order valence-corrected chi connectivity index (χ0v) is 7.29. The van der Waals surface area contributed by atoms with Gasteiger partial charge in [-0.25, -0.2) is 0 Å². The van der Waals surface area contributed by atoms with Crippen LogP contribution in [0.15, 0.2) is 24.3 Å². The molecule has 0 aromatic carbocycles. The Morgan fingerprint density at radius 3 is 1.46 bits per heavy atom. The average Bonchev–Trinajstić information content (AvgIpc) is 2.13. The summed E-state index contributed by atoms with van der Waals surface area (Å²) in [5.74, 6) is 4.57. The van der Waals surface area contributed by atoms with Crippen molar-refractivity contribution in [2.24, 2.45) is 0 Å². The highest BCUT2D eigenvalue weighted by molar-refractivity contribution is 5.75. The lowest BCUT2D eigenvalue weighted by atomic mass is 9.95. The van der Waals surface area contributed by atoms with Gasteiger partial charge in [-0.15, -0.1) is 12.8 Å². The number of ether oxygens (including phenoxy) is 1. The maximum Gasteiger partial charge on any atom is 0.108 e. The monoisotopic (exact) mass is 170 g/mol. The molecule has 0 atom stereocenters. The number of fused-ring (bicyclic) bond motifs is 1. The van der Waals surface area contributed by atoms with Crippen molar-refractivity contribution in [2.75, 3.05) is 13.2 Å². The van der Waals surface area contributed by atoms with Gasteiger partial charge in [-0.05, 0) is 11.1 Å². The second-order valence-electron chi connectivity index (χ2n) is 2.48.